The Morgan fingerprint density at radius 3 is 2.88 bits per heavy atom. The van der Waals surface area contributed by atoms with Gasteiger partial charge in [0.2, 0.25) is 0 Å². The molecule has 0 radical (unpaired) electrons. The summed E-state index contributed by atoms with van der Waals surface area (Å²) in [5, 5.41) is 6.65. The van der Waals surface area contributed by atoms with Gasteiger partial charge in [-0.3, -0.25) is 0 Å². The fraction of sp³-hybridized carbons (Fsp3) is 0.632. The first-order valence-electron chi connectivity index (χ1n) is 9.22. The number of benzene rings is 1. The molecule has 24 heavy (non-hydrogen) atoms. The van der Waals surface area contributed by atoms with Crippen molar-refractivity contribution in [3.05, 3.63) is 29.8 Å². The summed E-state index contributed by atoms with van der Waals surface area (Å²) >= 11 is 0. The van der Waals surface area contributed by atoms with Crippen LogP contribution in [0.3, 0.4) is 0 Å². The summed E-state index contributed by atoms with van der Waals surface area (Å²) in [7, 11) is 0. The maximum Gasteiger partial charge on any atom is 0.317 e. The van der Waals surface area contributed by atoms with E-state index in [0.29, 0.717) is 24.1 Å². The van der Waals surface area contributed by atoms with Crippen molar-refractivity contribution in [1.82, 2.24) is 10.2 Å². The van der Waals surface area contributed by atoms with E-state index in [4.69, 9.17) is 4.74 Å². The molecule has 4 rings (SSSR count). The van der Waals surface area contributed by atoms with Crippen LogP contribution in [0.1, 0.15) is 38.2 Å². The third-order valence-electron chi connectivity index (χ3n) is 6.09. The first-order valence-corrected chi connectivity index (χ1v) is 9.22. The molecule has 2 unspecified atom stereocenters. The minimum absolute atomic E-state index is 0.0420. The molecule has 1 saturated heterocycles. The van der Waals surface area contributed by atoms with Gasteiger partial charge >= 0.3 is 6.03 Å². The number of anilines is 1. The first-order chi connectivity index (χ1) is 11.7. The highest BCUT2D eigenvalue weighted by Gasteiger charge is 2.58. The fourth-order valence-corrected chi connectivity index (χ4v) is 4.50. The van der Waals surface area contributed by atoms with Gasteiger partial charge in [0.1, 0.15) is 0 Å². The average Bonchev–Trinajstić information content (AvgIpc) is 2.91. The molecule has 1 spiro atoms. The lowest BCUT2D eigenvalue weighted by Crippen LogP contribution is -2.64. The highest BCUT2D eigenvalue weighted by atomic mass is 16.5. The van der Waals surface area contributed by atoms with Gasteiger partial charge in [0.25, 0.3) is 0 Å². The van der Waals surface area contributed by atoms with Crippen molar-refractivity contribution < 1.29 is 9.53 Å². The van der Waals surface area contributed by atoms with Crippen LogP contribution < -0.4 is 10.6 Å². The molecule has 2 aliphatic carbocycles. The zero-order valence-electron chi connectivity index (χ0n) is 14.4. The Labute approximate surface area is 143 Å². The van der Waals surface area contributed by atoms with Gasteiger partial charge in [-0.1, -0.05) is 24.6 Å². The van der Waals surface area contributed by atoms with E-state index in [-0.39, 0.29) is 6.03 Å². The van der Waals surface area contributed by atoms with Gasteiger partial charge in [0.05, 0.1) is 6.10 Å². The van der Waals surface area contributed by atoms with Crippen molar-refractivity contribution in [2.24, 2.45) is 5.41 Å². The van der Waals surface area contributed by atoms with Crippen molar-refractivity contribution in [3.8, 4) is 0 Å². The molecule has 1 aromatic rings. The second kappa shape index (κ2) is 6.28. The summed E-state index contributed by atoms with van der Waals surface area (Å²) in [6, 6.07) is 8.93. The smallest absolute Gasteiger partial charge is 0.317 e. The van der Waals surface area contributed by atoms with E-state index in [0.717, 1.165) is 26.1 Å². The molecule has 0 aromatic heterocycles. The molecule has 2 saturated carbocycles. The van der Waals surface area contributed by atoms with Gasteiger partial charge in [-0.25, -0.2) is 4.79 Å². The third kappa shape index (κ3) is 2.55. The van der Waals surface area contributed by atoms with Crippen LogP contribution in [0.25, 0.3) is 0 Å². The minimum atomic E-state index is 0.0420. The molecule has 1 heterocycles. The van der Waals surface area contributed by atoms with E-state index in [1.807, 2.05) is 4.90 Å². The number of carbonyl (C=O) groups excluding carboxylic acids is 1. The molecule has 2 N–H and O–H groups in total. The molecule has 5 heteroatoms. The van der Waals surface area contributed by atoms with Gasteiger partial charge < -0.3 is 20.3 Å². The standard InChI is InChI=1S/C19H27N3O2/c1-2-24-17-12-16(19(17)8-5-9-19)21-15-7-4-3-6-14(15)13-22-11-10-20-18(22)23/h3-4,6-7,16-17,21H,2,5,8-13H2,1H3,(H,20,23). The largest absolute Gasteiger partial charge is 0.381 e. The molecule has 0 bridgehead atoms. The first kappa shape index (κ1) is 15.8. The lowest BCUT2D eigenvalue weighted by molar-refractivity contribution is -0.157. The van der Waals surface area contributed by atoms with Crippen LogP contribution in [0, 0.1) is 5.41 Å². The summed E-state index contributed by atoms with van der Waals surface area (Å²) in [5.41, 5.74) is 2.71. The second-order valence-electron chi connectivity index (χ2n) is 7.27. The predicted octanol–water partition coefficient (Wildman–Crippen LogP) is 2.97. The molecule has 1 aliphatic heterocycles. The number of carbonyl (C=O) groups is 1. The summed E-state index contributed by atoms with van der Waals surface area (Å²) < 4.78 is 5.95. The monoisotopic (exact) mass is 329 g/mol. The maximum absolute atomic E-state index is 11.8. The van der Waals surface area contributed by atoms with Crippen LogP contribution in [-0.4, -0.2) is 42.8 Å². The molecule has 2 amide bonds. The minimum Gasteiger partial charge on any atom is -0.381 e. The van der Waals surface area contributed by atoms with Gasteiger partial charge in [-0.2, -0.15) is 0 Å². The van der Waals surface area contributed by atoms with Gasteiger partial charge in [0.15, 0.2) is 0 Å². The van der Waals surface area contributed by atoms with Crippen molar-refractivity contribution in [3.63, 3.8) is 0 Å². The molecule has 2 atom stereocenters. The predicted molar refractivity (Wildman–Crippen MR) is 94.0 cm³/mol. The van der Waals surface area contributed by atoms with Crippen LogP contribution in [-0.2, 0) is 11.3 Å². The van der Waals surface area contributed by atoms with Crippen LogP contribution in [0.4, 0.5) is 10.5 Å². The summed E-state index contributed by atoms with van der Waals surface area (Å²) in [4.78, 5) is 13.7. The van der Waals surface area contributed by atoms with E-state index in [2.05, 4.69) is 41.8 Å². The molecule has 3 fully saturated rings. The quantitative estimate of drug-likeness (QED) is 0.844. The topological polar surface area (TPSA) is 53.6 Å². The number of rotatable bonds is 6. The van der Waals surface area contributed by atoms with Crippen molar-refractivity contribution >= 4 is 11.7 Å². The molecule has 5 nitrogen and oxygen atoms in total. The van der Waals surface area contributed by atoms with Crippen LogP contribution >= 0.6 is 0 Å². The molecule has 130 valence electrons. The fourth-order valence-electron chi connectivity index (χ4n) is 4.50. The van der Waals surface area contributed by atoms with Crippen LogP contribution in [0.5, 0.6) is 0 Å². The van der Waals surface area contributed by atoms with E-state index < -0.39 is 0 Å². The molecular weight excluding hydrogens is 302 g/mol. The summed E-state index contributed by atoms with van der Waals surface area (Å²) in [6.45, 7) is 5.09. The van der Waals surface area contributed by atoms with Gasteiger partial charge in [-0.15, -0.1) is 0 Å². The second-order valence-corrected chi connectivity index (χ2v) is 7.27. The number of nitrogens with zero attached hydrogens (tertiary/aromatic N) is 1. The lowest BCUT2D eigenvalue weighted by Gasteiger charge is -2.61. The summed E-state index contributed by atoms with van der Waals surface area (Å²) in [6.07, 6.45) is 5.37. The van der Waals surface area contributed by atoms with E-state index in [1.54, 1.807) is 0 Å². The zero-order valence-corrected chi connectivity index (χ0v) is 14.4. The number of hydrogen-bond acceptors (Lipinski definition) is 3. The molecule has 3 aliphatic rings. The average molecular weight is 329 g/mol. The lowest BCUT2D eigenvalue weighted by atomic mass is 9.51. The van der Waals surface area contributed by atoms with Crippen LogP contribution in [0.15, 0.2) is 24.3 Å². The molecule has 1 aromatic carbocycles. The van der Waals surface area contributed by atoms with Crippen molar-refractivity contribution in [2.75, 3.05) is 25.0 Å². The highest BCUT2D eigenvalue weighted by molar-refractivity contribution is 5.76. The number of amides is 2. The maximum atomic E-state index is 11.8. The number of nitrogens with one attached hydrogen (secondary N) is 2. The van der Waals surface area contributed by atoms with E-state index >= 15 is 0 Å². The van der Waals surface area contributed by atoms with Crippen LogP contribution in [0.2, 0.25) is 0 Å². The Bertz CT molecular complexity index is 614. The highest BCUT2D eigenvalue weighted by Crippen LogP contribution is 2.58. The van der Waals surface area contributed by atoms with Crippen molar-refractivity contribution in [2.45, 2.75) is 51.3 Å². The Kier molecular flexibility index (Phi) is 4.12. The third-order valence-corrected chi connectivity index (χ3v) is 6.09. The number of hydrogen-bond donors (Lipinski definition) is 2. The SMILES string of the molecule is CCOC1CC(Nc2ccccc2CN2CCNC2=O)C12CCC2. The summed E-state index contributed by atoms with van der Waals surface area (Å²) in [5.74, 6) is 0. The van der Waals surface area contributed by atoms with Crippen molar-refractivity contribution in [1.29, 1.82) is 0 Å². The normalized spacial score (nSPS) is 27.5. The Hall–Kier alpha value is -1.75. The Balaban J connectivity index is 1.46. The number of ether oxygens (including phenoxy) is 1. The number of urea groups is 1. The number of para-hydroxylation sites is 1. The van der Waals surface area contributed by atoms with Gasteiger partial charge in [-0.05, 0) is 37.8 Å². The van der Waals surface area contributed by atoms with E-state index in [9.17, 15) is 4.79 Å². The zero-order chi connectivity index (χ0) is 16.6. The van der Waals surface area contributed by atoms with E-state index in [1.165, 1.54) is 30.5 Å². The van der Waals surface area contributed by atoms with Gasteiger partial charge in [0, 0.05) is 43.4 Å². The molecular formula is C19H27N3O2. The Morgan fingerprint density at radius 2 is 2.21 bits per heavy atom. The Morgan fingerprint density at radius 1 is 1.38 bits per heavy atom.